The van der Waals surface area contributed by atoms with Crippen molar-refractivity contribution in [3.63, 3.8) is 0 Å². The van der Waals surface area contributed by atoms with Gasteiger partial charge < -0.3 is 4.74 Å². The van der Waals surface area contributed by atoms with Gasteiger partial charge in [0.15, 0.2) is 0 Å². The zero-order valence-corrected chi connectivity index (χ0v) is 12.4. The lowest BCUT2D eigenvalue weighted by Gasteiger charge is -2.23. The topological polar surface area (TPSA) is 63.7 Å². The third-order valence-electron chi connectivity index (χ3n) is 2.52. The Morgan fingerprint density at radius 2 is 1.85 bits per heavy atom. The van der Waals surface area contributed by atoms with Gasteiger partial charge in [-0.25, -0.2) is 8.42 Å². The molecular formula is C11H20F3NO4S. The summed E-state index contributed by atoms with van der Waals surface area (Å²) in [6, 6.07) is 0. The number of rotatable bonds is 9. The third kappa shape index (κ3) is 8.36. The van der Waals surface area contributed by atoms with Crippen molar-refractivity contribution in [2.24, 2.45) is 0 Å². The minimum absolute atomic E-state index is 0.0600. The summed E-state index contributed by atoms with van der Waals surface area (Å²) in [6.07, 6.45) is -3.83. The van der Waals surface area contributed by atoms with Crippen LogP contribution in [0.1, 0.15) is 32.6 Å². The van der Waals surface area contributed by atoms with E-state index in [0.717, 1.165) is 7.11 Å². The zero-order valence-electron chi connectivity index (χ0n) is 11.6. The minimum Gasteiger partial charge on any atom is -0.469 e. The van der Waals surface area contributed by atoms with Crippen molar-refractivity contribution < 1.29 is 31.1 Å². The maximum atomic E-state index is 12.4. The molecule has 0 atom stereocenters. The molecule has 0 saturated carbocycles. The molecule has 0 amide bonds. The smallest absolute Gasteiger partial charge is 0.402 e. The predicted molar refractivity (Wildman–Crippen MR) is 67.6 cm³/mol. The van der Waals surface area contributed by atoms with Crippen LogP contribution in [0.15, 0.2) is 0 Å². The summed E-state index contributed by atoms with van der Waals surface area (Å²) in [7, 11) is -2.87. The fourth-order valence-corrected chi connectivity index (χ4v) is 3.00. The van der Waals surface area contributed by atoms with Crippen LogP contribution in [0.5, 0.6) is 0 Å². The van der Waals surface area contributed by atoms with Gasteiger partial charge in [-0.05, 0) is 12.8 Å². The summed E-state index contributed by atoms with van der Waals surface area (Å²) in [5.74, 6) is -1.09. The van der Waals surface area contributed by atoms with E-state index < -0.39 is 34.5 Å². The van der Waals surface area contributed by atoms with E-state index in [1.54, 1.807) is 6.92 Å². The first-order valence-electron chi connectivity index (χ1n) is 6.23. The van der Waals surface area contributed by atoms with Crippen LogP contribution in [0.2, 0.25) is 0 Å². The molecule has 5 nitrogen and oxygen atoms in total. The molecular weight excluding hydrogens is 299 g/mol. The van der Waals surface area contributed by atoms with E-state index >= 15 is 0 Å². The van der Waals surface area contributed by atoms with Gasteiger partial charge in [0, 0.05) is 13.0 Å². The molecule has 0 fully saturated rings. The Balaban J connectivity index is 4.63. The molecule has 0 spiro atoms. The number of sulfonamides is 1. The first kappa shape index (κ1) is 19.2. The van der Waals surface area contributed by atoms with Crippen LogP contribution in [0.4, 0.5) is 13.2 Å². The Labute approximate surface area is 117 Å². The number of unbranched alkanes of at least 4 members (excludes halogenated alkanes) is 1. The molecule has 0 bridgehead atoms. The van der Waals surface area contributed by atoms with Crippen molar-refractivity contribution in [2.75, 3.05) is 26.0 Å². The van der Waals surface area contributed by atoms with E-state index in [1.165, 1.54) is 0 Å². The number of hydrogen-bond donors (Lipinski definition) is 0. The van der Waals surface area contributed by atoms with Crippen LogP contribution < -0.4 is 0 Å². The molecule has 0 radical (unpaired) electrons. The Morgan fingerprint density at radius 3 is 2.30 bits per heavy atom. The van der Waals surface area contributed by atoms with Gasteiger partial charge in [0.25, 0.3) is 0 Å². The molecule has 9 heteroatoms. The Hall–Kier alpha value is -0.830. The van der Waals surface area contributed by atoms with Crippen LogP contribution in [0.3, 0.4) is 0 Å². The molecule has 0 saturated heterocycles. The second kappa shape index (κ2) is 8.46. The molecule has 0 aromatic carbocycles. The molecule has 0 aliphatic heterocycles. The molecule has 0 rings (SSSR count). The summed E-state index contributed by atoms with van der Waals surface area (Å²) in [5, 5.41) is 0. The summed E-state index contributed by atoms with van der Waals surface area (Å²) >= 11 is 0. The average molecular weight is 319 g/mol. The largest absolute Gasteiger partial charge is 0.469 e. The Bertz CT molecular complexity index is 395. The van der Waals surface area contributed by atoms with E-state index in [2.05, 4.69) is 4.74 Å². The summed E-state index contributed by atoms with van der Waals surface area (Å²) in [4.78, 5) is 10.9. The van der Waals surface area contributed by atoms with E-state index in [-0.39, 0.29) is 19.4 Å². The zero-order chi connectivity index (χ0) is 15.8. The first-order valence-corrected chi connectivity index (χ1v) is 7.84. The SMILES string of the molecule is CCCCN(CC(F)(F)F)S(=O)(=O)CCCC(=O)OC. The number of carbonyl (C=O) groups is 1. The van der Waals surface area contributed by atoms with Crippen molar-refractivity contribution in [3.8, 4) is 0 Å². The van der Waals surface area contributed by atoms with Gasteiger partial charge in [0.2, 0.25) is 10.0 Å². The molecule has 0 aromatic rings. The molecule has 20 heavy (non-hydrogen) atoms. The van der Waals surface area contributed by atoms with Crippen LogP contribution in [-0.2, 0) is 19.6 Å². The van der Waals surface area contributed by atoms with Crippen molar-refractivity contribution in [3.05, 3.63) is 0 Å². The Morgan fingerprint density at radius 1 is 1.25 bits per heavy atom. The van der Waals surface area contributed by atoms with Crippen LogP contribution in [0.25, 0.3) is 0 Å². The average Bonchev–Trinajstić information content (AvgIpc) is 2.32. The van der Waals surface area contributed by atoms with Gasteiger partial charge in [-0.15, -0.1) is 0 Å². The van der Waals surface area contributed by atoms with E-state index in [4.69, 9.17) is 0 Å². The summed E-state index contributed by atoms with van der Waals surface area (Å²) < 4.78 is 65.7. The van der Waals surface area contributed by atoms with Gasteiger partial charge in [-0.3, -0.25) is 4.79 Å². The van der Waals surface area contributed by atoms with Crippen LogP contribution in [0, 0.1) is 0 Å². The van der Waals surface area contributed by atoms with Gasteiger partial charge in [0.05, 0.1) is 12.9 Å². The lowest BCUT2D eigenvalue weighted by Crippen LogP contribution is -2.40. The van der Waals surface area contributed by atoms with Crippen molar-refractivity contribution in [1.82, 2.24) is 4.31 Å². The molecule has 0 aromatic heterocycles. The summed E-state index contributed by atoms with van der Waals surface area (Å²) in [5.41, 5.74) is 0. The highest BCUT2D eigenvalue weighted by molar-refractivity contribution is 7.89. The van der Waals surface area contributed by atoms with Crippen molar-refractivity contribution in [2.45, 2.75) is 38.8 Å². The first-order chi connectivity index (χ1) is 9.12. The fraction of sp³-hybridized carbons (Fsp3) is 0.909. The second-order valence-corrected chi connectivity index (χ2v) is 6.39. The highest BCUT2D eigenvalue weighted by atomic mass is 32.2. The molecule has 0 unspecified atom stereocenters. The lowest BCUT2D eigenvalue weighted by molar-refractivity contribution is -0.140. The number of nitrogens with zero attached hydrogens (tertiary/aromatic N) is 1. The van der Waals surface area contributed by atoms with Crippen molar-refractivity contribution >= 4 is 16.0 Å². The van der Waals surface area contributed by atoms with Gasteiger partial charge >= 0.3 is 12.1 Å². The molecule has 120 valence electrons. The monoisotopic (exact) mass is 319 g/mol. The Kier molecular flexibility index (Phi) is 8.10. The van der Waals surface area contributed by atoms with Crippen LogP contribution in [-0.4, -0.2) is 50.8 Å². The number of alkyl halides is 3. The lowest BCUT2D eigenvalue weighted by atomic mass is 10.3. The van der Waals surface area contributed by atoms with E-state index in [1.807, 2.05) is 0 Å². The standard InChI is InChI=1S/C11H20F3NO4S/c1-3-4-7-15(9-11(12,13)14)20(17,18)8-5-6-10(16)19-2/h3-9H2,1-2H3. The quantitative estimate of drug-likeness (QED) is 0.609. The number of ether oxygens (including phenoxy) is 1. The summed E-state index contributed by atoms with van der Waals surface area (Å²) in [6.45, 7) is 0.0970. The van der Waals surface area contributed by atoms with Gasteiger partial charge in [-0.1, -0.05) is 13.3 Å². The maximum absolute atomic E-state index is 12.4. The number of hydrogen-bond acceptors (Lipinski definition) is 4. The van der Waals surface area contributed by atoms with Crippen LogP contribution >= 0.6 is 0 Å². The predicted octanol–water partition coefficient (Wildman–Crippen LogP) is 1.93. The molecule has 0 aliphatic rings. The number of esters is 1. The van der Waals surface area contributed by atoms with Gasteiger partial charge in [-0.2, -0.15) is 17.5 Å². The highest BCUT2D eigenvalue weighted by Gasteiger charge is 2.35. The molecule has 0 N–H and O–H groups in total. The van der Waals surface area contributed by atoms with E-state index in [9.17, 15) is 26.4 Å². The van der Waals surface area contributed by atoms with Crippen molar-refractivity contribution in [1.29, 1.82) is 0 Å². The second-order valence-electron chi connectivity index (χ2n) is 4.30. The minimum atomic E-state index is -4.58. The third-order valence-corrected chi connectivity index (χ3v) is 4.42. The highest BCUT2D eigenvalue weighted by Crippen LogP contribution is 2.19. The van der Waals surface area contributed by atoms with Gasteiger partial charge in [0.1, 0.15) is 6.54 Å². The number of halogens is 3. The van der Waals surface area contributed by atoms with E-state index in [0.29, 0.717) is 17.1 Å². The number of methoxy groups -OCH3 is 1. The molecule has 0 heterocycles. The fourth-order valence-electron chi connectivity index (χ4n) is 1.48. The maximum Gasteiger partial charge on any atom is 0.402 e. The normalized spacial score (nSPS) is 12.7. The molecule has 0 aliphatic carbocycles. The number of carbonyl (C=O) groups excluding carboxylic acids is 1.